The number of pyridine rings is 1. The van der Waals surface area contributed by atoms with Gasteiger partial charge in [0.25, 0.3) is 5.69 Å². The van der Waals surface area contributed by atoms with Crippen LogP contribution in [-0.4, -0.2) is 9.91 Å². The Morgan fingerprint density at radius 2 is 2.13 bits per heavy atom. The molecule has 4 nitrogen and oxygen atoms in total. The molecule has 0 saturated heterocycles. The van der Waals surface area contributed by atoms with Crippen LogP contribution in [0.2, 0.25) is 10.0 Å². The van der Waals surface area contributed by atoms with Crippen LogP contribution < -0.4 is 0 Å². The van der Waals surface area contributed by atoms with Crippen LogP contribution >= 0.6 is 23.2 Å². The molecule has 0 radical (unpaired) electrons. The lowest BCUT2D eigenvalue weighted by Crippen LogP contribution is -1.91. The lowest BCUT2D eigenvalue weighted by molar-refractivity contribution is -0.383. The summed E-state index contributed by atoms with van der Waals surface area (Å²) in [5, 5.41) is 11.5. The number of rotatable bonds is 1. The second-order valence-electron chi connectivity index (χ2n) is 2.85. The van der Waals surface area contributed by atoms with E-state index in [4.69, 9.17) is 23.2 Å². The quantitative estimate of drug-likeness (QED) is 0.569. The van der Waals surface area contributed by atoms with Crippen molar-refractivity contribution in [3.05, 3.63) is 44.6 Å². The van der Waals surface area contributed by atoms with Gasteiger partial charge in [-0.1, -0.05) is 23.2 Å². The van der Waals surface area contributed by atoms with Crippen molar-refractivity contribution in [2.24, 2.45) is 0 Å². The first-order chi connectivity index (χ1) is 7.11. The van der Waals surface area contributed by atoms with Crippen molar-refractivity contribution in [1.82, 2.24) is 4.98 Å². The van der Waals surface area contributed by atoms with Crippen molar-refractivity contribution in [3.63, 3.8) is 0 Å². The van der Waals surface area contributed by atoms with E-state index >= 15 is 0 Å². The number of nitro benzene ring substituents is 1. The SMILES string of the molecule is O=[N+]([O-])c1cc(Cl)c(Cl)c2ncccc12. The average Bonchev–Trinajstić information content (AvgIpc) is 2.23. The molecule has 0 atom stereocenters. The van der Waals surface area contributed by atoms with E-state index in [1.807, 2.05) is 0 Å². The maximum absolute atomic E-state index is 10.8. The highest BCUT2D eigenvalue weighted by Gasteiger charge is 2.17. The van der Waals surface area contributed by atoms with E-state index in [0.29, 0.717) is 10.9 Å². The van der Waals surface area contributed by atoms with Crippen LogP contribution in [-0.2, 0) is 0 Å². The molecule has 0 saturated carbocycles. The fraction of sp³-hybridized carbons (Fsp3) is 0. The Labute approximate surface area is 94.6 Å². The summed E-state index contributed by atoms with van der Waals surface area (Å²) in [5.74, 6) is 0. The monoisotopic (exact) mass is 242 g/mol. The summed E-state index contributed by atoms with van der Waals surface area (Å²) in [6, 6.07) is 4.43. The molecule has 0 aliphatic heterocycles. The second-order valence-corrected chi connectivity index (χ2v) is 3.63. The van der Waals surface area contributed by atoms with Crippen LogP contribution in [0.4, 0.5) is 5.69 Å². The van der Waals surface area contributed by atoms with Crippen LogP contribution in [0.15, 0.2) is 24.4 Å². The maximum Gasteiger partial charge on any atom is 0.280 e. The summed E-state index contributed by atoms with van der Waals surface area (Å²) >= 11 is 11.6. The highest BCUT2D eigenvalue weighted by Crippen LogP contribution is 2.35. The topological polar surface area (TPSA) is 56.0 Å². The van der Waals surface area contributed by atoms with Crippen molar-refractivity contribution in [3.8, 4) is 0 Å². The lowest BCUT2D eigenvalue weighted by Gasteiger charge is -2.02. The number of halogens is 2. The minimum Gasteiger partial charge on any atom is -0.258 e. The fourth-order valence-corrected chi connectivity index (χ4v) is 1.71. The molecular weight excluding hydrogens is 239 g/mol. The van der Waals surface area contributed by atoms with Crippen LogP contribution in [0.5, 0.6) is 0 Å². The van der Waals surface area contributed by atoms with Crippen molar-refractivity contribution in [2.45, 2.75) is 0 Å². The Bertz CT molecular complexity index is 557. The molecule has 1 heterocycles. The molecule has 0 bridgehead atoms. The van der Waals surface area contributed by atoms with Crippen molar-refractivity contribution in [1.29, 1.82) is 0 Å². The highest BCUT2D eigenvalue weighted by molar-refractivity contribution is 6.45. The molecule has 2 aromatic rings. The van der Waals surface area contributed by atoms with Gasteiger partial charge >= 0.3 is 0 Å². The average molecular weight is 243 g/mol. The standard InChI is InChI=1S/C9H4Cl2N2O2/c10-6-4-7(13(14)15)5-2-1-3-12-9(5)8(6)11/h1-4H. The van der Waals surface area contributed by atoms with E-state index < -0.39 is 4.92 Å². The number of aromatic nitrogens is 1. The molecule has 15 heavy (non-hydrogen) atoms. The summed E-state index contributed by atoms with van der Waals surface area (Å²) in [7, 11) is 0. The van der Waals surface area contributed by atoms with E-state index in [2.05, 4.69) is 4.98 Å². The largest absolute Gasteiger partial charge is 0.280 e. The first kappa shape index (κ1) is 10.1. The number of nitrogens with zero attached hydrogens (tertiary/aromatic N) is 2. The van der Waals surface area contributed by atoms with E-state index in [9.17, 15) is 10.1 Å². The van der Waals surface area contributed by atoms with E-state index in [1.54, 1.807) is 12.1 Å². The summed E-state index contributed by atoms with van der Waals surface area (Å²) < 4.78 is 0. The van der Waals surface area contributed by atoms with Gasteiger partial charge in [0.1, 0.15) is 0 Å². The van der Waals surface area contributed by atoms with Gasteiger partial charge in [-0.25, -0.2) is 0 Å². The highest BCUT2D eigenvalue weighted by atomic mass is 35.5. The van der Waals surface area contributed by atoms with Crippen LogP contribution in [0.25, 0.3) is 10.9 Å². The summed E-state index contributed by atoms with van der Waals surface area (Å²) in [5.41, 5.74) is 0.255. The number of hydrogen-bond acceptors (Lipinski definition) is 3. The third kappa shape index (κ3) is 1.62. The normalized spacial score (nSPS) is 10.5. The Kier molecular flexibility index (Phi) is 2.46. The first-order valence-electron chi connectivity index (χ1n) is 3.98. The summed E-state index contributed by atoms with van der Waals surface area (Å²) in [6.07, 6.45) is 1.51. The Morgan fingerprint density at radius 3 is 2.80 bits per heavy atom. The molecule has 1 aromatic carbocycles. The van der Waals surface area contributed by atoms with Gasteiger partial charge in [-0.3, -0.25) is 15.1 Å². The molecular formula is C9H4Cl2N2O2. The molecule has 0 unspecified atom stereocenters. The van der Waals surface area contributed by atoms with Gasteiger partial charge in [0, 0.05) is 12.3 Å². The minimum atomic E-state index is -0.508. The fourth-order valence-electron chi connectivity index (χ4n) is 1.31. The van der Waals surface area contributed by atoms with Crippen LogP contribution in [0.1, 0.15) is 0 Å². The van der Waals surface area contributed by atoms with Crippen molar-refractivity contribution in [2.75, 3.05) is 0 Å². The molecule has 76 valence electrons. The number of non-ortho nitro benzene ring substituents is 1. The maximum atomic E-state index is 10.8. The van der Waals surface area contributed by atoms with Gasteiger partial charge in [0.05, 0.1) is 25.9 Å². The first-order valence-corrected chi connectivity index (χ1v) is 4.74. The number of nitro groups is 1. The Hall–Kier alpha value is -1.39. The van der Waals surface area contributed by atoms with Crippen LogP contribution in [0.3, 0.4) is 0 Å². The molecule has 6 heteroatoms. The third-order valence-electron chi connectivity index (χ3n) is 1.96. The van der Waals surface area contributed by atoms with Crippen molar-refractivity contribution < 1.29 is 4.92 Å². The molecule has 2 rings (SSSR count). The van der Waals surface area contributed by atoms with Gasteiger partial charge in [0.2, 0.25) is 0 Å². The minimum absolute atomic E-state index is 0.0903. The molecule has 0 fully saturated rings. The summed E-state index contributed by atoms with van der Waals surface area (Å²) in [4.78, 5) is 14.2. The number of fused-ring (bicyclic) bond motifs is 1. The van der Waals surface area contributed by atoms with E-state index in [-0.39, 0.29) is 15.7 Å². The van der Waals surface area contributed by atoms with Gasteiger partial charge in [-0.2, -0.15) is 0 Å². The van der Waals surface area contributed by atoms with Gasteiger partial charge < -0.3 is 0 Å². The molecule has 0 aliphatic carbocycles. The zero-order chi connectivity index (χ0) is 11.0. The second kappa shape index (κ2) is 3.64. The van der Waals surface area contributed by atoms with Gasteiger partial charge in [-0.05, 0) is 12.1 Å². The zero-order valence-corrected chi connectivity index (χ0v) is 8.79. The molecule has 0 aliphatic rings. The molecule has 0 N–H and O–H groups in total. The van der Waals surface area contributed by atoms with Gasteiger partial charge in [-0.15, -0.1) is 0 Å². The molecule has 0 spiro atoms. The number of hydrogen-bond donors (Lipinski definition) is 0. The Balaban J connectivity index is 2.94. The van der Waals surface area contributed by atoms with E-state index in [1.165, 1.54) is 12.3 Å². The predicted octanol–water partition coefficient (Wildman–Crippen LogP) is 3.45. The predicted molar refractivity (Wildman–Crippen MR) is 58.4 cm³/mol. The third-order valence-corrected chi connectivity index (χ3v) is 2.74. The smallest absolute Gasteiger partial charge is 0.258 e. The summed E-state index contributed by atoms with van der Waals surface area (Å²) in [6.45, 7) is 0. The lowest BCUT2D eigenvalue weighted by atomic mass is 10.2. The van der Waals surface area contributed by atoms with Crippen molar-refractivity contribution >= 4 is 39.8 Å². The number of benzene rings is 1. The molecule has 1 aromatic heterocycles. The Morgan fingerprint density at radius 1 is 1.40 bits per heavy atom. The zero-order valence-electron chi connectivity index (χ0n) is 7.28. The molecule has 0 amide bonds. The van der Waals surface area contributed by atoms with Gasteiger partial charge in [0.15, 0.2) is 0 Å². The van der Waals surface area contributed by atoms with Crippen LogP contribution in [0, 0.1) is 10.1 Å². The van der Waals surface area contributed by atoms with E-state index in [0.717, 1.165) is 0 Å².